The molecule has 0 aliphatic heterocycles. The Balaban J connectivity index is 1.65. The van der Waals surface area contributed by atoms with Gasteiger partial charge in [0.05, 0.1) is 12.3 Å². The Morgan fingerprint density at radius 1 is 0.973 bits per heavy atom. The molecule has 1 atom stereocenters. The summed E-state index contributed by atoms with van der Waals surface area (Å²) in [4.78, 5) is 13.2. The standard InChI is InChI=1S/C25H27F3N6O2S/c1-3-24(2,16-29-17-25(26,27)28)33-21-11-13-30-22(32-21)20-14-34(23-19(20)10-7-12-31-23)37(35,36)15-18-8-5-4-6-9-18/h4-14,29H,3,15-17H2,1-2H3,(H,30,32,33)/t24-/m1/s1. The van der Waals surface area contributed by atoms with Gasteiger partial charge in [0.15, 0.2) is 11.5 Å². The number of alkyl halides is 3. The molecule has 2 N–H and O–H groups in total. The first kappa shape index (κ1) is 26.6. The molecule has 0 bridgehead atoms. The molecule has 3 aromatic heterocycles. The zero-order chi connectivity index (χ0) is 26.7. The predicted molar refractivity (Wildman–Crippen MR) is 136 cm³/mol. The second-order valence-corrected chi connectivity index (χ2v) is 10.8. The van der Waals surface area contributed by atoms with E-state index in [0.717, 1.165) is 3.97 Å². The molecule has 4 rings (SSSR count). The molecule has 8 nitrogen and oxygen atoms in total. The number of fused-ring (bicyclic) bond motifs is 1. The largest absolute Gasteiger partial charge is 0.401 e. The maximum Gasteiger partial charge on any atom is 0.401 e. The molecule has 0 fully saturated rings. The fraction of sp³-hybridized carbons (Fsp3) is 0.320. The number of rotatable bonds is 10. The Kier molecular flexibility index (Phi) is 7.51. The number of nitrogens with zero attached hydrogens (tertiary/aromatic N) is 4. The third-order valence-electron chi connectivity index (χ3n) is 5.97. The van der Waals surface area contributed by atoms with Gasteiger partial charge in [0, 0.05) is 41.6 Å². The summed E-state index contributed by atoms with van der Waals surface area (Å²) in [7, 11) is -3.81. The average molecular weight is 533 g/mol. The van der Waals surface area contributed by atoms with E-state index in [0.29, 0.717) is 28.8 Å². The number of halogens is 3. The molecule has 0 unspecified atom stereocenters. The van der Waals surface area contributed by atoms with Crippen LogP contribution in [0.4, 0.5) is 19.0 Å². The second-order valence-electron chi connectivity index (χ2n) is 8.98. The molecule has 0 saturated carbocycles. The Morgan fingerprint density at radius 2 is 1.73 bits per heavy atom. The predicted octanol–water partition coefficient (Wildman–Crippen LogP) is 4.60. The average Bonchev–Trinajstić information content (AvgIpc) is 3.25. The van der Waals surface area contributed by atoms with Crippen LogP contribution >= 0.6 is 0 Å². The number of hydrogen-bond donors (Lipinski definition) is 2. The molecular weight excluding hydrogens is 505 g/mol. The molecule has 4 aromatic rings. The lowest BCUT2D eigenvalue weighted by Crippen LogP contribution is -2.46. The third-order valence-corrected chi connectivity index (χ3v) is 7.55. The minimum atomic E-state index is -4.31. The van der Waals surface area contributed by atoms with Crippen LogP contribution in [-0.2, 0) is 15.8 Å². The molecule has 3 heterocycles. The van der Waals surface area contributed by atoms with Crippen molar-refractivity contribution in [2.45, 2.75) is 37.7 Å². The van der Waals surface area contributed by atoms with E-state index in [1.807, 2.05) is 13.0 Å². The smallest absolute Gasteiger partial charge is 0.364 e. The zero-order valence-corrected chi connectivity index (χ0v) is 21.1. The Bertz CT molecular complexity index is 1470. The van der Waals surface area contributed by atoms with Crippen molar-refractivity contribution in [3.8, 4) is 11.4 Å². The van der Waals surface area contributed by atoms with Gasteiger partial charge in [-0.25, -0.2) is 27.3 Å². The van der Waals surface area contributed by atoms with Crippen molar-refractivity contribution in [2.24, 2.45) is 0 Å². The van der Waals surface area contributed by atoms with Crippen LogP contribution in [0.15, 0.2) is 67.1 Å². The van der Waals surface area contributed by atoms with Gasteiger partial charge >= 0.3 is 6.18 Å². The summed E-state index contributed by atoms with van der Waals surface area (Å²) in [6.45, 7) is 2.62. The minimum absolute atomic E-state index is 0.0588. The van der Waals surface area contributed by atoms with Crippen LogP contribution in [0.1, 0.15) is 25.8 Å². The Hall–Kier alpha value is -3.51. The van der Waals surface area contributed by atoms with Gasteiger partial charge in [0.2, 0.25) is 10.0 Å². The van der Waals surface area contributed by atoms with Crippen molar-refractivity contribution < 1.29 is 21.6 Å². The van der Waals surface area contributed by atoms with Gasteiger partial charge < -0.3 is 10.6 Å². The van der Waals surface area contributed by atoms with Crippen LogP contribution in [0.3, 0.4) is 0 Å². The maximum absolute atomic E-state index is 13.3. The Morgan fingerprint density at radius 3 is 2.43 bits per heavy atom. The van der Waals surface area contributed by atoms with Gasteiger partial charge in [-0.05, 0) is 37.1 Å². The highest BCUT2D eigenvalue weighted by atomic mass is 32.2. The lowest BCUT2D eigenvalue weighted by Gasteiger charge is -2.31. The van der Waals surface area contributed by atoms with Crippen molar-refractivity contribution >= 4 is 26.9 Å². The number of nitrogens with one attached hydrogen (secondary N) is 2. The second kappa shape index (κ2) is 10.5. The van der Waals surface area contributed by atoms with Gasteiger partial charge in [-0.3, -0.25) is 0 Å². The van der Waals surface area contributed by atoms with Crippen LogP contribution < -0.4 is 10.6 Å². The molecule has 0 spiro atoms. The topological polar surface area (TPSA) is 102 Å². The fourth-order valence-corrected chi connectivity index (χ4v) is 5.31. The van der Waals surface area contributed by atoms with Crippen LogP contribution in [0.25, 0.3) is 22.4 Å². The molecule has 37 heavy (non-hydrogen) atoms. The number of benzene rings is 1. The molecule has 0 saturated heterocycles. The van der Waals surface area contributed by atoms with Gasteiger partial charge in [-0.1, -0.05) is 37.3 Å². The SMILES string of the molecule is CC[C@](C)(CNCC(F)(F)F)Nc1ccnc(-c2cn(S(=O)(=O)Cc3ccccc3)c3ncccc23)n1. The molecule has 12 heteroatoms. The fourth-order valence-electron chi connectivity index (χ4n) is 3.88. The summed E-state index contributed by atoms with van der Waals surface area (Å²) in [5.41, 5.74) is 0.648. The number of aromatic nitrogens is 4. The first-order chi connectivity index (χ1) is 17.5. The van der Waals surface area contributed by atoms with Crippen LogP contribution in [0, 0.1) is 0 Å². The van der Waals surface area contributed by atoms with E-state index in [2.05, 4.69) is 25.6 Å². The monoisotopic (exact) mass is 532 g/mol. The van der Waals surface area contributed by atoms with E-state index in [1.54, 1.807) is 49.4 Å². The third kappa shape index (κ3) is 6.44. The van der Waals surface area contributed by atoms with Crippen molar-refractivity contribution in [1.82, 2.24) is 24.2 Å². The van der Waals surface area contributed by atoms with E-state index in [4.69, 9.17) is 0 Å². The van der Waals surface area contributed by atoms with E-state index < -0.39 is 28.3 Å². The molecule has 0 aliphatic rings. The molecule has 0 amide bonds. The highest BCUT2D eigenvalue weighted by Gasteiger charge is 2.29. The van der Waals surface area contributed by atoms with Gasteiger partial charge in [0.25, 0.3) is 0 Å². The summed E-state index contributed by atoms with van der Waals surface area (Å²) in [6.07, 6.45) is 0.707. The summed E-state index contributed by atoms with van der Waals surface area (Å²) >= 11 is 0. The number of anilines is 1. The van der Waals surface area contributed by atoms with Crippen LogP contribution in [0.2, 0.25) is 0 Å². The summed E-state index contributed by atoms with van der Waals surface area (Å²) in [5, 5.41) is 6.19. The highest BCUT2D eigenvalue weighted by Crippen LogP contribution is 2.30. The summed E-state index contributed by atoms with van der Waals surface area (Å²) in [6, 6.07) is 13.9. The normalized spacial score (nSPS) is 14.0. The van der Waals surface area contributed by atoms with Gasteiger partial charge in [0.1, 0.15) is 5.82 Å². The Labute approximate surface area is 213 Å². The van der Waals surface area contributed by atoms with Crippen molar-refractivity contribution in [3.05, 3.63) is 72.7 Å². The van der Waals surface area contributed by atoms with Crippen molar-refractivity contribution in [3.63, 3.8) is 0 Å². The van der Waals surface area contributed by atoms with E-state index >= 15 is 0 Å². The maximum atomic E-state index is 13.3. The van der Waals surface area contributed by atoms with Crippen LogP contribution in [0.5, 0.6) is 0 Å². The molecule has 196 valence electrons. The lowest BCUT2D eigenvalue weighted by molar-refractivity contribution is -0.125. The van der Waals surface area contributed by atoms with E-state index in [1.165, 1.54) is 18.6 Å². The van der Waals surface area contributed by atoms with Gasteiger partial charge in [-0.2, -0.15) is 13.2 Å². The number of hydrogen-bond acceptors (Lipinski definition) is 7. The minimum Gasteiger partial charge on any atom is -0.364 e. The van der Waals surface area contributed by atoms with Crippen molar-refractivity contribution in [2.75, 3.05) is 18.4 Å². The van der Waals surface area contributed by atoms with E-state index in [9.17, 15) is 21.6 Å². The summed E-state index contributed by atoms with van der Waals surface area (Å²) < 4.78 is 65.5. The lowest BCUT2D eigenvalue weighted by atomic mass is 9.99. The quantitative estimate of drug-likeness (QED) is 0.308. The highest BCUT2D eigenvalue weighted by molar-refractivity contribution is 7.89. The first-order valence-corrected chi connectivity index (χ1v) is 13.2. The molecule has 0 aliphatic carbocycles. The van der Waals surface area contributed by atoms with Crippen molar-refractivity contribution in [1.29, 1.82) is 0 Å². The van der Waals surface area contributed by atoms with E-state index in [-0.39, 0.29) is 23.8 Å². The molecule has 1 aromatic carbocycles. The molecular formula is C25H27F3N6O2S. The van der Waals surface area contributed by atoms with Crippen LogP contribution in [-0.4, -0.2) is 52.1 Å². The zero-order valence-electron chi connectivity index (χ0n) is 20.3. The summed E-state index contributed by atoms with van der Waals surface area (Å²) in [5.74, 6) is 0.453. The number of pyridine rings is 1. The first-order valence-electron chi connectivity index (χ1n) is 11.6. The molecule has 0 radical (unpaired) electrons. The van der Waals surface area contributed by atoms with Gasteiger partial charge in [-0.15, -0.1) is 0 Å².